The number of carbonyl (C=O) groups excluding carboxylic acids is 5. The molecule has 1 aliphatic carbocycles. The minimum atomic E-state index is -0.989. The van der Waals surface area contributed by atoms with Crippen molar-refractivity contribution in [1.82, 2.24) is 35.0 Å². The quantitative estimate of drug-likeness (QED) is 0.173. The van der Waals surface area contributed by atoms with Gasteiger partial charge in [-0.15, -0.1) is 0 Å². The van der Waals surface area contributed by atoms with Crippen LogP contribution >= 0.6 is 11.6 Å². The number of fused-ring (bicyclic) bond motifs is 2. The van der Waals surface area contributed by atoms with Crippen LogP contribution in [0.4, 0.5) is 23.1 Å². The van der Waals surface area contributed by atoms with E-state index in [0.29, 0.717) is 39.6 Å². The van der Waals surface area contributed by atoms with Gasteiger partial charge in [-0.25, -0.2) is 4.98 Å². The van der Waals surface area contributed by atoms with Gasteiger partial charge in [0.1, 0.15) is 11.1 Å². The Morgan fingerprint density at radius 2 is 1.68 bits per heavy atom. The standard InChI is InChI=1S/C46H53ClN10O8/c1-25(2)56-35-7-5-28(19-27(35)20-37(44(56)62)64-24-39(59)48-4)50-41-33(47)23-49-46(52-41)55-13-11-30(12-14-55)65-31-21-29(22-31)53-15-17-54(18-16-53)34-8-6-32-40(26(34)3)45(63)57(43(32)61)36-9-10-38(58)51-42(36)60/h5-8,19-20,23,25,29-31,36H,9-18,21-22,24H2,1-4H3,(H,48,59)(H,49,50,52)(H,51,58,60)/t29-,31-,36?. The zero-order valence-electron chi connectivity index (χ0n) is 36.9. The number of aromatic nitrogens is 3. The molecule has 3 saturated heterocycles. The lowest BCUT2D eigenvalue weighted by atomic mass is 9.87. The predicted octanol–water partition coefficient (Wildman–Crippen LogP) is 3.94. The number of ether oxygens (including phenoxy) is 2. The molecule has 2 aromatic heterocycles. The van der Waals surface area contributed by atoms with E-state index in [-0.39, 0.29) is 54.9 Å². The van der Waals surface area contributed by atoms with Crippen molar-refractivity contribution < 1.29 is 33.4 Å². The summed E-state index contributed by atoms with van der Waals surface area (Å²) < 4.78 is 13.9. The molecule has 1 unspecified atom stereocenters. The molecule has 4 aliphatic heterocycles. The van der Waals surface area contributed by atoms with Crippen molar-refractivity contribution in [3.8, 4) is 5.75 Å². The maximum Gasteiger partial charge on any atom is 0.293 e. The van der Waals surface area contributed by atoms with Gasteiger partial charge < -0.3 is 34.5 Å². The molecule has 0 radical (unpaired) electrons. The van der Waals surface area contributed by atoms with E-state index >= 15 is 0 Å². The van der Waals surface area contributed by atoms with E-state index in [1.165, 1.54) is 7.05 Å². The van der Waals surface area contributed by atoms with Gasteiger partial charge >= 0.3 is 0 Å². The largest absolute Gasteiger partial charge is 0.478 e. The molecule has 4 aromatic rings. The van der Waals surface area contributed by atoms with Crippen molar-refractivity contribution in [1.29, 1.82) is 0 Å². The first-order chi connectivity index (χ1) is 31.3. The first-order valence-corrected chi connectivity index (χ1v) is 22.7. The van der Waals surface area contributed by atoms with Crippen molar-refractivity contribution in [2.75, 3.05) is 68.0 Å². The van der Waals surface area contributed by atoms with Gasteiger partial charge in [-0.2, -0.15) is 4.98 Å². The van der Waals surface area contributed by atoms with Gasteiger partial charge in [0.25, 0.3) is 23.3 Å². The van der Waals surface area contributed by atoms with Crippen LogP contribution in [-0.4, -0.2) is 131 Å². The van der Waals surface area contributed by atoms with Crippen LogP contribution in [0.5, 0.6) is 5.75 Å². The Kier molecular flexibility index (Phi) is 12.2. The highest BCUT2D eigenvalue weighted by molar-refractivity contribution is 6.33. The molecule has 1 atom stereocenters. The number of carbonyl (C=O) groups is 5. The predicted molar refractivity (Wildman–Crippen MR) is 243 cm³/mol. The Morgan fingerprint density at radius 1 is 0.923 bits per heavy atom. The Labute approximate surface area is 380 Å². The van der Waals surface area contributed by atoms with E-state index in [0.717, 1.165) is 92.0 Å². The number of hydrogen-bond donors (Lipinski definition) is 3. The molecule has 342 valence electrons. The first kappa shape index (κ1) is 44.1. The second-order valence-electron chi connectivity index (χ2n) is 17.7. The lowest BCUT2D eigenvalue weighted by Crippen LogP contribution is -2.56. The van der Waals surface area contributed by atoms with Gasteiger partial charge in [0.15, 0.2) is 18.2 Å². The van der Waals surface area contributed by atoms with Crippen molar-refractivity contribution in [2.24, 2.45) is 0 Å². The van der Waals surface area contributed by atoms with Crippen LogP contribution in [0.25, 0.3) is 10.9 Å². The third kappa shape index (κ3) is 8.61. The Hall–Kier alpha value is -6.11. The first-order valence-electron chi connectivity index (χ1n) is 22.3. The topological polar surface area (TPSA) is 201 Å². The second kappa shape index (κ2) is 18.0. The fraction of sp³-hybridized carbons (Fsp3) is 0.478. The fourth-order valence-corrected chi connectivity index (χ4v) is 9.89. The van der Waals surface area contributed by atoms with Crippen LogP contribution in [0.2, 0.25) is 5.02 Å². The van der Waals surface area contributed by atoms with Gasteiger partial charge in [-0.3, -0.25) is 43.9 Å². The van der Waals surface area contributed by atoms with E-state index in [2.05, 4.69) is 35.6 Å². The molecular formula is C46H53ClN10O8. The van der Waals surface area contributed by atoms with E-state index in [4.69, 9.17) is 26.1 Å². The molecule has 1 saturated carbocycles. The summed E-state index contributed by atoms with van der Waals surface area (Å²) in [5.74, 6) is -1.21. The summed E-state index contributed by atoms with van der Waals surface area (Å²) in [7, 11) is 1.51. The van der Waals surface area contributed by atoms with Crippen molar-refractivity contribution in [3.05, 3.63) is 74.7 Å². The molecule has 19 heteroatoms. The highest BCUT2D eigenvalue weighted by Crippen LogP contribution is 2.37. The van der Waals surface area contributed by atoms with Crippen molar-refractivity contribution >= 4 is 75.2 Å². The normalized spacial score (nSPS) is 21.8. The van der Waals surface area contributed by atoms with Crippen LogP contribution in [0.1, 0.15) is 84.7 Å². The molecule has 3 N–H and O–H groups in total. The average Bonchev–Trinajstić information content (AvgIpc) is 3.53. The summed E-state index contributed by atoms with van der Waals surface area (Å²) in [6, 6.07) is 10.2. The molecule has 0 spiro atoms. The van der Waals surface area contributed by atoms with Gasteiger partial charge in [0.05, 0.1) is 35.0 Å². The van der Waals surface area contributed by atoms with Gasteiger partial charge in [-0.05, 0) is 94.8 Å². The number of benzene rings is 2. The average molecular weight is 909 g/mol. The van der Waals surface area contributed by atoms with E-state index in [9.17, 15) is 28.8 Å². The van der Waals surface area contributed by atoms with Gasteiger partial charge in [0.2, 0.25) is 17.8 Å². The van der Waals surface area contributed by atoms with Gasteiger partial charge in [0, 0.05) is 81.6 Å². The summed E-state index contributed by atoms with van der Waals surface area (Å²) in [6.07, 6.45) is 5.82. The lowest BCUT2D eigenvalue weighted by molar-refractivity contribution is -0.136. The number of likely N-dealkylation sites (N-methyl/N-ethyl adjacent to an activating group) is 1. The summed E-state index contributed by atoms with van der Waals surface area (Å²) in [6.45, 7) is 10.2. The van der Waals surface area contributed by atoms with Crippen LogP contribution in [-0.2, 0) is 19.1 Å². The number of piperidine rings is 2. The van der Waals surface area contributed by atoms with E-state index < -0.39 is 29.7 Å². The number of rotatable bonds is 12. The lowest BCUT2D eigenvalue weighted by Gasteiger charge is -2.48. The molecule has 65 heavy (non-hydrogen) atoms. The molecule has 2 aromatic carbocycles. The number of pyridine rings is 1. The Morgan fingerprint density at radius 3 is 2.38 bits per heavy atom. The van der Waals surface area contributed by atoms with E-state index in [1.807, 2.05) is 45.0 Å². The second-order valence-corrected chi connectivity index (χ2v) is 18.1. The Bertz CT molecular complexity index is 2630. The number of hydrogen-bond acceptors (Lipinski definition) is 14. The molecular weight excluding hydrogens is 856 g/mol. The molecule has 5 aliphatic rings. The maximum atomic E-state index is 13.6. The molecule has 6 heterocycles. The van der Waals surface area contributed by atoms with Crippen LogP contribution in [0, 0.1) is 6.92 Å². The zero-order chi connectivity index (χ0) is 45.7. The summed E-state index contributed by atoms with van der Waals surface area (Å²) >= 11 is 6.60. The summed E-state index contributed by atoms with van der Waals surface area (Å²) in [5.41, 5.74) is 3.41. The summed E-state index contributed by atoms with van der Waals surface area (Å²) in [5, 5.41) is 9.19. The summed E-state index contributed by atoms with van der Waals surface area (Å²) in [4.78, 5) is 93.5. The SMILES string of the molecule is CNC(=O)COc1cc2cc(Nc3nc(N4CCC(O[C@H]5C[C@H](N6CCN(c7ccc8c(c7C)C(=O)N(C7CCC(=O)NC7=O)C8=O)CC6)C5)CC4)ncc3Cl)ccc2n(C(C)C)c1=O. The van der Waals surface area contributed by atoms with Crippen LogP contribution < -0.4 is 36.0 Å². The monoisotopic (exact) mass is 908 g/mol. The number of piperazine rings is 1. The smallest absolute Gasteiger partial charge is 0.293 e. The molecule has 4 fully saturated rings. The third-order valence-corrected chi connectivity index (χ3v) is 13.6. The number of nitrogens with one attached hydrogen (secondary N) is 3. The Balaban J connectivity index is 0.752. The van der Waals surface area contributed by atoms with Gasteiger partial charge in [-0.1, -0.05) is 11.6 Å². The minimum Gasteiger partial charge on any atom is -0.478 e. The van der Waals surface area contributed by atoms with Crippen LogP contribution in [0.15, 0.2) is 47.4 Å². The molecule has 18 nitrogen and oxygen atoms in total. The number of imide groups is 2. The highest BCUT2D eigenvalue weighted by Gasteiger charge is 2.46. The number of anilines is 4. The zero-order valence-corrected chi connectivity index (χ0v) is 37.7. The van der Waals surface area contributed by atoms with Crippen molar-refractivity contribution in [2.45, 2.75) is 89.6 Å². The third-order valence-electron chi connectivity index (χ3n) is 13.3. The van der Waals surface area contributed by atoms with Crippen LogP contribution in [0.3, 0.4) is 0 Å². The van der Waals surface area contributed by atoms with Crippen molar-refractivity contribution in [3.63, 3.8) is 0 Å². The highest BCUT2D eigenvalue weighted by atomic mass is 35.5. The number of amides is 5. The molecule has 0 bridgehead atoms. The molecule has 5 amide bonds. The molecule has 9 rings (SSSR count). The number of halogens is 1. The van der Waals surface area contributed by atoms with E-state index in [1.54, 1.807) is 22.9 Å². The fourth-order valence-electron chi connectivity index (χ4n) is 9.75. The number of nitrogens with zero attached hydrogens (tertiary/aromatic N) is 7. The minimum absolute atomic E-state index is 0.0827. The maximum absolute atomic E-state index is 13.6.